The summed E-state index contributed by atoms with van der Waals surface area (Å²) in [6, 6.07) is 19.3. The van der Waals surface area contributed by atoms with Crippen LogP contribution in [-0.4, -0.2) is 52.9 Å². The van der Waals surface area contributed by atoms with Crippen LogP contribution in [0.3, 0.4) is 0 Å². The van der Waals surface area contributed by atoms with Gasteiger partial charge in [-0.1, -0.05) is 18.2 Å². The van der Waals surface area contributed by atoms with Crippen molar-refractivity contribution in [2.75, 3.05) is 19.7 Å². The van der Waals surface area contributed by atoms with Crippen LogP contribution in [0.1, 0.15) is 28.8 Å². The number of carboxylic acid groups (broad SMARTS) is 1. The number of hydrogen-bond donors (Lipinski definition) is 1. The Morgan fingerprint density at radius 1 is 0.941 bits per heavy atom. The van der Waals surface area contributed by atoms with Gasteiger partial charge in [0.15, 0.2) is 0 Å². The molecule has 34 heavy (non-hydrogen) atoms. The van der Waals surface area contributed by atoms with E-state index in [9.17, 15) is 9.59 Å². The Labute approximate surface area is 197 Å². The smallest absolute Gasteiger partial charge is 0.415 e. The standard InChI is InChI=1S/C26H26N2O6/c29-25(30)20-6-10-21(11-7-20)33-23-12-16-28(17-13-23)26(31)34-22-8-4-19(5-9-22)14-18-32-24-3-1-2-15-27-24/h1-11,15,23H,12-14,16-18H2,(H,29,30). The van der Waals surface area contributed by atoms with Crippen LogP contribution in [0.15, 0.2) is 72.9 Å². The highest BCUT2D eigenvalue weighted by Gasteiger charge is 2.25. The third kappa shape index (κ3) is 6.48. The SMILES string of the molecule is O=C(O)c1ccc(OC2CCN(C(=O)Oc3ccc(CCOc4ccccn4)cc3)CC2)cc1. The number of aromatic nitrogens is 1. The van der Waals surface area contributed by atoms with E-state index < -0.39 is 5.97 Å². The Morgan fingerprint density at radius 2 is 1.65 bits per heavy atom. The molecule has 3 aromatic rings. The molecule has 1 aromatic heterocycles. The van der Waals surface area contributed by atoms with Gasteiger partial charge in [-0.15, -0.1) is 0 Å². The van der Waals surface area contributed by atoms with Crippen molar-refractivity contribution in [3.8, 4) is 17.4 Å². The molecule has 8 nitrogen and oxygen atoms in total. The summed E-state index contributed by atoms with van der Waals surface area (Å²) in [5.74, 6) is 0.744. The van der Waals surface area contributed by atoms with Crippen molar-refractivity contribution in [2.24, 2.45) is 0 Å². The average molecular weight is 463 g/mol. The van der Waals surface area contributed by atoms with Crippen LogP contribution in [0.5, 0.6) is 17.4 Å². The second-order valence-electron chi connectivity index (χ2n) is 7.91. The lowest BCUT2D eigenvalue weighted by Gasteiger charge is -2.31. The maximum Gasteiger partial charge on any atom is 0.415 e. The summed E-state index contributed by atoms with van der Waals surface area (Å²) in [5.41, 5.74) is 1.29. The summed E-state index contributed by atoms with van der Waals surface area (Å²) in [6.45, 7) is 1.57. The van der Waals surface area contributed by atoms with Crippen molar-refractivity contribution in [3.63, 3.8) is 0 Å². The van der Waals surface area contributed by atoms with Gasteiger partial charge in [0.05, 0.1) is 12.2 Å². The van der Waals surface area contributed by atoms with Crippen LogP contribution >= 0.6 is 0 Å². The number of aromatic carboxylic acids is 1. The largest absolute Gasteiger partial charge is 0.490 e. The number of likely N-dealkylation sites (tertiary alicyclic amines) is 1. The average Bonchev–Trinajstić information content (AvgIpc) is 2.86. The number of hydrogen-bond acceptors (Lipinski definition) is 6. The molecule has 1 amide bonds. The molecule has 1 saturated heterocycles. The number of carboxylic acids is 1. The van der Waals surface area contributed by atoms with Gasteiger partial charge in [-0.2, -0.15) is 0 Å². The van der Waals surface area contributed by atoms with E-state index in [2.05, 4.69) is 4.98 Å². The number of amides is 1. The third-order valence-electron chi connectivity index (χ3n) is 5.51. The number of carbonyl (C=O) groups is 2. The Bertz CT molecular complexity index is 1080. The number of carbonyl (C=O) groups excluding carboxylic acids is 1. The second-order valence-corrected chi connectivity index (χ2v) is 7.91. The molecule has 1 aliphatic rings. The van der Waals surface area contributed by atoms with E-state index in [0.717, 1.165) is 12.0 Å². The van der Waals surface area contributed by atoms with Gasteiger partial charge in [-0.3, -0.25) is 0 Å². The molecule has 0 aliphatic carbocycles. The molecule has 1 aliphatic heterocycles. The first-order valence-electron chi connectivity index (χ1n) is 11.2. The van der Waals surface area contributed by atoms with Crippen LogP contribution in [0, 0.1) is 0 Å². The Kier molecular flexibility index (Phi) is 7.60. The lowest BCUT2D eigenvalue weighted by Crippen LogP contribution is -2.43. The summed E-state index contributed by atoms with van der Waals surface area (Å²) in [4.78, 5) is 29.3. The second kappa shape index (κ2) is 11.2. The molecule has 0 radical (unpaired) electrons. The van der Waals surface area contributed by atoms with E-state index >= 15 is 0 Å². The van der Waals surface area contributed by atoms with Crippen molar-refractivity contribution in [2.45, 2.75) is 25.4 Å². The van der Waals surface area contributed by atoms with Crippen molar-refractivity contribution in [1.82, 2.24) is 9.88 Å². The van der Waals surface area contributed by atoms with Crippen LogP contribution in [0.4, 0.5) is 4.79 Å². The Balaban J connectivity index is 1.19. The molecule has 2 heterocycles. The van der Waals surface area contributed by atoms with Crippen molar-refractivity contribution in [3.05, 3.63) is 84.1 Å². The van der Waals surface area contributed by atoms with Gasteiger partial charge < -0.3 is 24.2 Å². The molecule has 8 heteroatoms. The molecule has 1 fully saturated rings. The van der Waals surface area contributed by atoms with Gasteiger partial charge in [0.25, 0.3) is 0 Å². The number of rotatable bonds is 8. The molecule has 176 valence electrons. The fourth-order valence-corrected chi connectivity index (χ4v) is 3.62. The Morgan fingerprint density at radius 3 is 2.29 bits per heavy atom. The number of pyridine rings is 1. The summed E-state index contributed by atoms with van der Waals surface area (Å²) in [6.07, 6.45) is 3.34. The zero-order valence-electron chi connectivity index (χ0n) is 18.6. The van der Waals surface area contributed by atoms with Crippen LogP contribution < -0.4 is 14.2 Å². The maximum atomic E-state index is 12.5. The molecule has 2 aromatic carbocycles. The number of ether oxygens (including phenoxy) is 3. The maximum absolute atomic E-state index is 12.5. The van der Waals surface area contributed by atoms with Crippen molar-refractivity contribution >= 4 is 12.1 Å². The molecule has 0 atom stereocenters. The third-order valence-corrected chi connectivity index (χ3v) is 5.51. The fourth-order valence-electron chi connectivity index (χ4n) is 3.62. The highest BCUT2D eigenvalue weighted by Crippen LogP contribution is 2.21. The van der Waals surface area contributed by atoms with Crippen molar-refractivity contribution < 1.29 is 28.9 Å². The fraction of sp³-hybridized carbons (Fsp3) is 0.269. The molecule has 0 spiro atoms. The van der Waals surface area contributed by atoms with E-state index in [4.69, 9.17) is 19.3 Å². The van der Waals surface area contributed by atoms with Gasteiger partial charge >= 0.3 is 12.1 Å². The first-order valence-corrected chi connectivity index (χ1v) is 11.2. The van der Waals surface area contributed by atoms with Gasteiger partial charge in [0, 0.05) is 44.6 Å². The number of benzene rings is 2. The molecule has 0 saturated carbocycles. The van der Waals surface area contributed by atoms with E-state index in [1.807, 2.05) is 30.3 Å². The lowest BCUT2D eigenvalue weighted by molar-refractivity contribution is 0.0696. The van der Waals surface area contributed by atoms with Gasteiger partial charge in [0.1, 0.15) is 17.6 Å². The number of nitrogens with zero attached hydrogens (tertiary/aromatic N) is 2. The van der Waals surface area contributed by atoms with E-state index in [0.29, 0.717) is 49.9 Å². The minimum Gasteiger partial charge on any atom is -0.490 e. The van der Waals surface area contributed by atoms with E-state index in [-0.39, 0.29) is 17.8 Å². The first-order chi connectivity index (χ1) is 16.6. The number of piperidine rings is 1. The predicted octanol–water partition coefficient (Wildman–Crippen LogP) is 4.44. The normalized spacial score (nSPS) is 13.8. The lowest BCUT2D eigenvalue weighted by atomic mass is 10.1. The molecule has 4 rings (SSSR count). The highest BCUT2D eigenvalue weighted by atomic mass is 16.6. The minimum atomic E-state index is -0.970. The quantitative estimate of drug-likeness (QED) is 0.528. The van der Waals surface area contributed by atoms with Gasteiger partial charge in [-0.05, 0) is 48.0 Å². The zero-order chi connectivity index (χ0) is 23.8. The minimum absolute atomic E-state index is 0.0349. The van der Waals surface area contributed by atoms with Crippen LogP contribution in [0.2, 0.25) is 0 Å². The highest BCUT2D eigenvalue weighted by molar-refractivity contribution is 5.87. The molecular weight excluding hydrogens is 436 g/mol. The summed E-state index contributed by atoms with van der Waals surface area (Å²) >= 11 is 0. The molecule has 0 unspecified atom stereocenters. The van der Waals surface area contributed by atoms with Gasteiger partial charge in [0.2, 0.25) is 5.88 Å². The van der Waals surface area contributed by atoms with Crippen molar-refractivity contribution in [1.29, 1.82) is 0 Å². The Hall–Kier alpha value is -4.07. The van der Waals surface area contributed by atoms with Crippen LogP contribution in [0.25, 0.3) is 0 Å². The summed E-state index contributed by atoms with van der Waals surface area (Å²) in [5, 5.41) is 8.97. The molecular formula is C26H26N2O6. The molecule has 0 bridgehead atoms. The summed E-state index contributed by atoms with van der Waals surface area (Å²) < 4.78 is 17.1. The molecule has 1 N–H and O–H groups in total. The summed E-state index contributed by atoms with van der Waals surface area (Å²) in [7, 11) is 0. The zero-order valence-corrected chi connectivity index (χ0v) is 18.6. The van der Waals surface area contributed by atoms with E-state index in [1.54, 1.807) is 35.4 Å². The monoisotopic (exact) mass is 462 g/mol. The van der Waals surface area contributed by atoms with E-state index in [1.165, 1.54) is 12.1 Å². The predicted molar refractivity (Wildman–Crippen MR) is 125 cm³/mol. The van der Waals surface area contributed by atoms with Crippen LogP contribution in [-0.2, 0) is 6.42 Å². The first kappa shape index (κ1) is 23.1. The topological polar surface area (TPSA) is 98.2 Å². The van der Waals surface area contributed by atoms with Gasteiger partial charge in [-0.25, -0.2) is 14.6 Å².